The van der Waals surface area contributed by atoms with Gasteiger partial charge in [-0.1, -0.05) is 12.1 Å². The van der Waals surface area contributed by atoms with Crippen LogP contribution in [-0.4, -0.2) is 24.8 Å². The summed E-state index contributed by atoms with van der Waals surface area (Å²) in [5.41, 5.74) is 2.66. The Hall–Kier alpha value is -3.41. The summed E-state index contributed by atoms with van der Waals surface area (Å²) in [6.07, 6.45) is 3.07. The van der Waals surface area contributed by atoms with E-state index in [4.69, 9.17) is 0 Å². The van der Waals surface area contributed by atoms with Crippen LogP contribution in [0.5, 0.6) is 0 Å². The number of hydrogen-bond acceptors (Lipinski definition) is 3. The third kappa shape index (κ3) is 5.62. The van der Waals surface area contributed by atoms with E-state index in [9.17, 15) is 14.4 Å². The molecule has 0 bridgehead atoms. The Morgan fingerprint density at radius 1 is 0.840 bits per heavy atom. The molecule has 6 heteroatoms. The van der Waals surface area contributed by atoms with Crippen LogP contribution >= 0.6 is 0 Å². The molecule has 0 unspecified atom stereocenters. The Balaban J connectivity index is 1.94. The largest absolute Gasteiger partial charge is 0.355 e. The van der Waals surface area contributed by atoms with Gasteiger partial charge in [0, 0.05) is 37.0 Å². The van der Waals surface area contributed by atoms with Crippen molar-refractivity contribution in [2.45, 2.75) is 6.92 Å². The first kappa shape index (κ1) is 17.9. The van der Waals surface area contributed by atoms with Crippen LogP contribution < -0.4 is 16.0 Å². The van der Waals surface area contributed by atoms with Crippen molar-refractivity contribution in [1.82, 2.24) is 5.32 Å². The van der Waals surface area contributed by atoms with E-state index in [-0.39, 0.29) is 17.7 Å². The molecule has 3 N–H and O–H groups in total. The van der Waals surface area contributed by atoms with Crippen molar-refractivity contribution in [2.75, 3.05) is 17.7 Å². The molecule has 0 saturated heterocycles. The first-order chi connectivity index (χ1) is 12.0. The fourth-order valence-electron chi connectivity index (χ4n) is 2.09. The smallest absolute Gasteiger partial charge is 0.251 e. The lowest BCUT2D eigenvalue weighted by atomic mass is 10.1. The van der Waals surface area contributed by atoms with Crippen LogP contribution in [0, 0.1) is 0 Å². The van der Waals surface area contributed by atoms with Crippen molar-refractivity contribution in [3.8, 4) is 0 Å². The van der Waals surface area contributed by atoms with Crippen molar-refractivity contribution >= 4 is 35.2 Å². The van der Waals surface area contributed by atoms with E-state index in [0.29, 0.717) is 16.9 Å². The van der Waals surface area contributed by atoms with Gasteiger partial charge in [0.25, 0.3) is 5.91 Å². The molecule has 0 heterocycles. The highest BCUT2D eigenvalue weighted by Gasteiger charge is 2.02. The maximum atomic E-state index is 11.9. The van der Waals surface area contributed by atoms with E-state index in [1.165, 1.54) is 13.0 Å². The maximum absolute atomic E-state index is 11.9. The van der Waals surface area contributed by atoms with E-state index in [1.54, 1.807) is 61.7 Å². The Morgan fingerprint density at radius 2 is 1.40 bits per heavy atom. The van der Waals surface area contributed by atoms with Crippen LogP contribution in [0.25, 0.3) is 6.08 Å². The summed E-state index contributed by atoms with van der Waals surface area (Å²) in [5, 5.41) is 7.93. The zero-order chi connectivity index (χ0) is 18.2. The van der Waals surface area contributed by atoms with E-state index < -0.39 is 0 Å². The van der Waals surface area contributed by atoms with Gasteiger partial charge in [-0.3, -0.25) is 14.4 Å². The van der Waals surface area contributed by atoms with Crippen molar-refractivity contribution in [2.24, 2.45) is 0 Å². The molecule has 0 aliphatic carbocycles. The highest BCUT2D eigenvalue weighted by atomic mass is 16.2. The van der Waals surface area contributed by atoms with Crippen molar-refractivity contribution in [1.29, 1.82) is 0 Å². The van der Waals surface area contributed by atoms with Gasteiger partial charge in [-0.15, -0.1) is 0 Å². The molecule has 2 rings (SSSR count). The highest BCUT2D eigenvalue weighted by molar-refractivity contribution is 6.02. The second-order valence-corrected chi connectivity index (χ2v) is 5.28. The summed E-state index contributed by atoms with van der Waals surface area (Å²) in [5.74, 6) is -0.583. The summed E-state index contributed by atoms with van der Waals surface area (Å²) in [6, 6.07) is 13.7. The van der Waals surface area contributed by atoms with Gasteiger partial charge in [-0.05, 0) is 48.0 Å². The first-order valence-electron chi connectivity index (χ1n) is 7.67. The van der Waals surface area contributed by atoms with E-state index in [1.807, 2.05) is 0 Å². The summed E-state index contributed by atoms with van der Waals surface area (Å²) in [4.78, 5) is 34.4. The highest BCUT2D eigenvalue weighted by Crippen LogP contribution is 2.13. The van der Waals surface area contributed by atoms with E-state index in [2.05, 4.69) is 16.0 Å². The standard InChI is InChI=1S/C19H19N3O3/c1-13(23)21-16-8-10-17(11-9-16)22-18(24)12-5-14-3-6-15(7-4-14)19(25)20-2/h3-12H,1-2H3,(H,20,25)(H,21,23)(H,22,24)/b12-5+. The van der Waals surface area contributed by atoms with Crippen LogP contribution in [0.3, 0.4) is 0 Å². The molecule has 0 radical (unpaired) electrons. The topological polar surface area (TPSA) is 87.3 Å². The molecule has 3 amide bonds. The molecule has 128 valence electrons. The maximum Gasteiger partial charge on any atom is 0.251 e. The molecular weight excluding hydrogens is 318 g/mol. The molecule has 0 atom stereocenters. The summed E-state index contributed by atoms with van der Waals surface area (Å²) in [7, 11) is 1.57. The summed E-state index contributed by atoms with van der Waals surface area (Å²) >= 11 is 0. The SMILES string of the molecule is CNC(=O)c1ccc(/C=C/C(=O)Nc2ccc(NC(C)=O)cc2)cc1. The number of nitrogens with one attached hydrogen (secondary N) is 3. The van der Waals surface area contributed by atoms with E-state index >= 15 is 0 Å². The third-order valence-electron chi connectivity index (χ3n) is 3.30. The number of carbonyl (C=O) groups excluding carboxylic acids is 3. The predicted octanol–water partition coefficient (Wildman–Crippen LogP) is 2.66. The second kappa shape index (κ2) is 8.44. The molecule has 25 heavy (non-hydrogen) atoms. The lowest BCUT2D eigenvalue weighted by molar-refractivity contribution is -0.114. The van der Waals surface area contributed by atoms with Gasteiger partial charge < -0.3 is 16.0 Å². The number of benzene rings is 2. The fraction of sp³-hybridized carbons (Fsp3) is 0.105. The van der Waals surface area contributed by atoms with Crippen LogP contribution in [-0.2, 0) is 9.59 Å². The minimum atomic E-state index is -0.275. The lowest BCUT2D eigenvalue weighted by Gasteiger charge is -2.05. The average Bonchev–Trinajstić information content (AvgIpc) is 2.61. The number of carbonyl (C=O) groups is 3. The minimum Gasteiger partial charge on any atom is -0.355 e. The molecule has 0 saturated carbocycles. The van der Waals surface area contributed by atoms with Gasteiger partial charge in [0.2, 0.25) is 11.8 Å². The molecule has 0 aliphatic rings. The Morgan fingerprint density at radius 3 is 1.92 bits per heavy atom. The van der Waals surface area contributed by atoms with Crippen molar-refractivity contribution in [3.05, 3.63) is 65.7 Å². The summed E-state index contributed by atoms with van der Waals surface area (Å²) in [6.45, 7) is 1.43. The molecule has 0 aromatic heterocycles. The van der Waals surface area contributed by atoms with Crippen LogP contribution in [0.4, 0.5) is 11.4 Å². The van der Waals surface area contributed by atoms with Crippen LogP contribution in [0.15, 0.2) is 54.6 Å². The van der Waals surface area contributed by atoms with Crippen LogP contribution in [0.1, 0.15) is 22.8 Å². The zero-order valence-corrected chi connectivity index (χ0v) is 14.0. The Labute approximate surface area is 145 Å². The Bertz CT molecular complexity index is 794. The molecule has 0 aliphatic heterocycles. The third-order valence-corrected chi connectivity index (χ3v) is 3.30. The molecule has 2 aromatic rings. The van der Waals surface area contributed by atoms with Crippen molar-refractivity contribution < 1.29 is 14.4 Å². The molecule has 0 fully saturated rings. The molecule has 6 nitrogen and oxygen atoms in total. The average molecular weight is 337 g/mol. The van der Waals surface area contributed by atoms with Crippen molar-refractivity contribution in [3.63, 3.8) is 0 Å². The number of anilines is 2. The first-order valence-corrected chi connectivity index (χ1v) is 7.67. The fourth-order valence-corrected chi connectivity index (χ4v) is 2.09. The van der Waals surface area contributed by atoms with E-state index in [0.717, 1.165) is 5.56 Å². The van der Waals surface area contributed by atoms with Gasteiger partial charge in [-0.2, -0.15) is 0 Å². The predicted molar refractivity (Wildman–Crippen MR) is 98.2 cm³/mol. The number of hydrogen-bond donors (Lipinski definition) is 3. The van der Waals surface area contributed by atoms with Gasteiger partial charge in [0.15, 0.2) is 0 Å². The van der Waals surface area contributed by atoms with Gasteiger partial charge in [0.05, 0.1) is 0 Å². The Kier molecular flexibility index (Phi) is 6.06. The number of amides is 3. The monoisotopic (exact) mass is 337 g/mol. The van der Waals surface area contributed by atoms with Gasteiger partial charge in [-0.25, -0.2) is 0 Å². The minimum absolute atomic E-state index is 0.151. The second-order valence-electron chi connectivity index (χ2n) is 5.28. The van der Waals surface area contributed by atoms with Crippen LogP contribution in [0.2, 0.25) is 0 Å². The lowest BCUT2D eigenvalue weighted by Crippen LogP contribution is -2.17. The molecule has 0 spiro atoms. The summed E-state index contributed by atoms with van der Waals surface area (Å²) < 4.78 is 0. The quantitative estimate of drug-likeness (QED) is 0.733. The van der Waals surface area contributed by atoms with Gasteiger partial charge in [0.1, 0.15) is 0 Å². The number of rotatable bonds is 5. The van der Waals surface area contributed by atoms with Gasteiger partial charge >= 0.3 is 0 Å². The molecular formula is C19H19N3O3. The molecule has 2 aromatic carbocycles. The zero-order valence-electron chi connectivity index (χ0n) is 14.0. The normalized spacial score (nSPS) is 10.3.